The number of aliphatic imine (C=N–C) groups is 1. The lowest BCUT2D eigenvalue weighted by Gasteiger charge is -2.19. The van der Waals surface area contributed by atoms with E-state index in [1.807, 2.05) is 12.1 Å². The summed E-state index contributed by atoms with van der Waals surface area (Å²) in [7, 11) is -1.49. The Kier molecular flexibility index (Phi) is 4.87. The van der Waals surface area contributed by atoms with E-state index in [-0.39, 0.29) is 0 Å². The third-order valence-corrected chi connectivity index (χ3v) is 2.90. The zero-order valence-electron chi connectivity index (χ0n) is 9.99. The van der Waals surface area contributed by atoms with Crippen molar-refractivity contribution in [1.29, 1.82) is 0 Å². The number of rotatable bonds is 5. The molecule has 0 N–H and O–H groups in total. The molecule has 0 radical (unpaired) electrons. The van der Waals surface area contributed by atoms with E-state index in [9.17, 15) is 0 Å². The maximum absolute atomic E-state index is 5.87. The Labute approximate surface area is 103 Å². The molecule has 0 saturated heterocycles. The van der Waals surface area contributed by atoms with Crippen LogP contribution in [-0.4, -0.2) is 20.0 Å². The lowest BCUT2D eigenvalue weighted by atomic mass is 10.1. The minimum Gasteiger partial charge on any atom is -0.544 e. The average molecular weight is 251 g/mol. The van der Waals surface area contributed by atoms with E-state index >= 15 is 0 Å². The van der Waals surface area contributed by atoms with Crippen molar-refractivity contribution in [2.45, 2.75) is 26.1 Å². The van der Waals surface area contributed by atoms with Gasteiger partial charge in [-0.15, -0.1) is 0 Å². The molecular formula is C12H17NOSSi. The van der Waals surface area contributed by atoms with Gasteiger partial charge >= 0.3 is 0 Å². The van der Waals surface area contributed by atoms with Crippen LogP contribution in [0.4, 0.5) is 0 Å². The molecule has 86 valence electrons. The Bertz CT molecular complexity index is 377. The molecule has 0 heterocycles. The molecule has 0 aliphatic carbocycles. The highest BCUT2D eigenvalue weighted by molar-refractivity contribution is 7.78. The van der Waals surface area contributed by atoms with E-state index in [2.05, 4.69) is 54.1 Å². The van der Waals surface area contributed by atoms with Gasteiger partial charge in [-0.3, -0.25) is 0 Å². The summed E-state index contributed by atoms with van der Waals surface area (Å²) in [5.41, 5.74) is 1.25. The minimum atomic E-state index is -1.49. The Hall–Kier alpha value is -0.963. The van der Waals surface area contributed by atoms with E-state index in [0.717, 1.165) is 12.2 Å². The van der Waals surface area contributed by atoms with Gasteiger partial charge in [-0.1, -0.05) is 12.1 Å². The van der Waals surface area contributed by atoms with Crippen molar-refractivity contribution in [3.05, 3.63) is 29.8 Å². The first kappa shape index (κ1) is 13.1. The summed E-state index contributed by atoms with van der Waals surface area (Å²) in [6.45, 7) is 7.23. The SMILES string of the molecule is C[Si](C)(C)Oc1ccc(CCN=C=S)cc1. The number of hydrogen-bond acceptors (Lipinski definition) is 3. The minimum absolute atomic E-state index is 0.706. The molecule has 0 fully saturated rings. The Morgan fingerprint density at radius 2 is 1.88 bits per heavy atom. The lowest BCUT2D eigenvalue weighted by molar-refractivity contribution is 0.557. The molecule has 1 aromatic carbocycles. The van der Waals surface area contributed by atoms with Crippen LogP contribution in [0.2, 0.25) is 19.6 Å². The molecule has 1 aromatic rings. The molecule has 0 unspecified atom stereocenters. The van der Waals surface area contributed by atoms with Crippen LogP contribution in [0.5, 0.6) is 5.75 Å². The quantitative estimate of drug-likeness (QED) is 0.453. The van der Waals surface area contributed by atoms with Crippen molar-refractivity contribution in [3.8, 4) is 5.75 Å². The number of nitrogens with zero attached hydrogens (tertiary/aromatic N) is 1. The van der Waals surface area contributed by atoms with E-state index in [1.165, 1.54) is 5.56 Å². The first-order valence-corrected chi connectivity index (χ1v) is 9.14. The summed E-state index contributed by atoms with van der Waals surface area (Å²) in [5, 5.41) is 2.37. The Balaban J connectivity index is 2.57. The second-order valence-corrected chi connectivity index (χ2v) is 9.19. The summed E-state index contributed by atoms with van der Waals surface area (Å²) in [6, 6.07) is 8.20. The van der Waals surface area contributed by atoms with Gasteiger partial charge in [0, 0.05) is 0 Å². The average Bonchev–Trinajstić information content (AvgIpc) is 2.19. The maximum Gasteiger partial charge on any atom is 0.242 e. The summed E-state index contributed by atoms with van der Waals surface area (Å²) in [4.78, 5) is 3.89. The molecule has 0 saturated carbocycles. The smallest absolute Gasteiger partial charge is 0.242 e. The van der Waals surface area contributed by atoms with Gasteiger partial charge in [0.1, 0.15) is 5.75 Å². The Morgan fingerprint density at radius 1 is 1.25 bits per heavy atom. The van der Waals surface area contributed by atoms with Crippen molar-refractivity contribution in [2.24, 2.45) is 4.99 Å². The summed E-state index contributed by atoms with van der Waals surface area (Å²) >= 11 is 4.52. The van der Waals surface area contributed by atoms with Crippen LogP contribution in [0, 0.1) is 0 Å². The summed E-state index contributed by atoms with van der Waals surface area (Å²) < 4.78 is 5.87. The van der Waals surface area contributed by atoms with E-state index in [1.54, 1.807) is 0 Å². The van der Waals surface area contributed by atoms with Crippen LogP contribution in [-0.2, 0) is 6.42 Å². The molecule has 0 aliphatic rings. The fraction of sp³-hybridized carbons (Fsp3) is 0.417. The van der Waals surface area contributed by atoms with Gasteiger partial charge in [0.05, 0.1) is 11.7 Å². The largest absolute Gasteiger partial charge is 0.544 e. The third-order valence-electron chi connectivity index (χ3n) is 1.92. The second-order valence-electron chi connectivity index (χ2n) is 4.58. The molecule has 0 amide bonds. The van der Waals surface area contributed by atoms with Crippen molar-refractivity contribution >= 4 is 25.7 Å². The highest BCUT2D eigenvalue weighted by Gasteiger charge is 2.15. The van der Waals surface area contributed by atoms with Crippen molar-refractivity contribution in [2.75, 3.05) is 6.54 Å². The highest BCUT2D eigenvalue weighted by atomic mass is 32.1. The van der Waals surface area contributed by atoms with Crippen molar-refractivity contribution in [3.63, 3.8) is 0 Å². The van der Waals surface area contributed by atoms with Crippen molar-refractivity contribution < 1.29 is 4.43 Å². The molecule has 0 aliphatic heterocycles. The first-order valence-electron chi connectivity index (χ1n) is 5.33. The molecule has 0 atom stereocenters. The zero-order valence-corrected chi connectivity index (χ0v) is 11.8. The maximum atomic E-state index is 5.87. The van der Waals surface area contributed by atoms with Gasteiger partial charge in [-0.05, 0) is 56.0 Å². The Morgan fingerprint density at radius 3 is 2.38 bits per heavy atom. The molecule has 16 heavy (non-hydrogen) atoms. The lowest BCUT2D eigenvalue weighted by Crippen LogP contribution is -2.29. The predicted molar refractivity (Wildman–Crippen MR) is 74.0 cm³/mol. The number of hydrogen-bond donors (Lipinski definition) is 0. The first-order chi connectivity index (χ1) is 7.51. The van der Waals surface area contributed by atoms with E-state index in [4.69, 9.17) is 4.43 Å². The predicted octanol–water partition coefficient (Wildman–Crippen LogP) is 3.55. The molecule has 4 heteroatoms. The van der Waals surface area contributed by atoms with Crippen molar-refractivity contribution in [1.82, 2.24) is 0 Å². The van der Waals surface area contributed by atoms with Crippen LogP contribution in [0.3, 0.4) is 0 Å². The molecule has 0 spiro atoms. The molecule has 0 bridgehead atoms. The van der Waals surface area contributed by atoms with Gasteiger partial charge in [0.15, 0.2) is 0 Å². The molecular weight excluding hydrogens is 234 g/mol. The van der Waals surface area contributed by atoms with Gasteiger partial charge in [-0.25, -0.2) is 4.99 Å². The van der Waals surface area contributed by atoms with Crippen LogP contribution in [0.15, 0.2) is 29.3 Å². The molecule has 1 rings (SSSR count). The second kappa shape index (κ2) is 5.94. The van der Waals surface area contributed by atoms with Gasteiger partial charge in [0.2, 0.25) is 8.32 Å². The number of isothiocyanates is 1. The van der Waals surface area contributed by atoms with Crippen LogP contribution in [0.25, 0.3) is 0 Å². The third kappa shape index (κ3) is 5.21. The topological polar surface area (TPSA) is 21.6 Å². The zero-order chi connectivity index (χ0) is 12.0. The number of benzene rings is 1. The van der Waals surface area contributed by atoms with E-state index < -0.39 is 8.32 Å². The van der Waals surface area contributed by atoms with Crippen LogP contribution < -0.4 is 4.43 Å². The molecule has 0 aromatic heterocycles. The standard InChI is InChI=1S/C12H17NOSSi/c1-16(2,3)14-12-6-4-11(5-7-12)8-9-13-10-15/h4-7H,8-9H2,1-3H3. The molecule has 2 nitrogen and oxygen atoms in total. The van der Waals surface area contributed by atoms with Crippen LogP contribution in [0.1, 0.15) is 5.56 Å². The number of thiocarbonyl (C=S) groups is 1. The highest BCUT2D eigenvalue weighted by Crippen LogP contribution is 2.17. The van der Waals surface area contributed by atoms with Gasteiger partial charge in [-0.2, -0.15) is 0 Å². The van der Waals surface area contributed by atoms with Gasteiger partial charge in [0.25, 0.3) is 0 Å². The van der Waals surface area contributed by atoms with E-state index in [0.29, 0.717) is 6.54 Å². The fourth-order valence-electron chi connectivity index (χ4n) is 1.31. The summed E-state index contributed by atoms with van der Waals surface area (Å²) in [6.07, 6.45) is 0.900. The fourth-order valence-corrected chi connectivity index (χ4v) is 2.24. The van der Waals surface area contributed by atoms with Gasteiger partial charge < -0.3 is 4.43 Å². The van der Waals surface area contributed by atoms with Crippen LogP contribution >= 0.6 is 12.2 Å². The normalized spacial score (nSPS) is 10.7. The summed E-state index contributed by atoms with van der Waals surface area (Å²) in [5.74, 6) is 0.959. The monoisotopic (exact) mass is 251 g/mol.